The van der Waals surface area contributed by atoms with Crippen LogP contribution in [0.2, 0.25) is 5.15 Å². The van der Waals surface area contributed by atoms with Crippen LogP contribution in [0.15, 0.2) is 0 Å². The van der Waals surface area contributed by atoms with Crippen LogP contribution >= 0.6 is 11.6 Å². The average molecular weight is 244 g/mol. The molecule has 0 saturated heterocycles. The Morgan fingerprint density at radius 2 is 1.94 bits per heavy atom. The topological polar surface area (TPSA) is 29.9 Å². The van der Waals surface area contributed by atoms with Gasteiger partial charge in [-0.15, -0.1) is 0 Å². The maximum absolute atomic E-state index is 6.32. The maximum Gasteiger partial charge on any atom is 0.131 e. The average Bonchev–Trinajstić information content (AvgIpc) is 2.39. The minimum Gasteiger partial charge on any atom is -0.310 e. The predicted octanol–water partition coefficient (Wildman–Crippen LogP) is 3.00. The Kier molecular flexibility index (Phi) is 4.81. The van der Waals surface area contributed by atoms with E-state index in [-0.39, 0.29) is 0 Å². The summed E-state index contributed by atoms with van der Waals surface area (Å²) in [7, 11) is 0. The largest absolute Gasteiger partial charge is 0.310 e. The Bertz CT molecular complexity index is 342. The van der Waals surface area contributed by atoms with Gasteiger partial charge in [0.2, 0.25) is 0 Å². The molecule has 0 aromatic carbocycles. The van der Waals surface area contributed by atoms with E-state index in [0.29, 0.717) is 12.0 Å². The van der Waals surface area contributed by atoms with E-state index in [0.717, 1.165) is 29.5 Å². The Morgan fingerprint density at radius 3 is 2.44 bits per heavy atom. The third-order valence-electron chi connectivity index (χ3n) is 2.41. The molecule has 0 atom stereocenters. The first-order valence-corrected chi connectivity index (χ1v) is 6.24. The van der Waals surface area contributed by atoms with Gasteiger partial charge in [0.1, 0.15) is 5.15 Å². The molecule has 0 aliphatic carbocycles. The van der Waals surface area contributed by atoms with Crippen LogP contribution in [0.4, 0.5) is 0 Å². The van der Waals surface area contributed by atoms with Crippen LogP contribution in [0.5, 0.6) is 0 Å². The Morgan fingerprint density at radius 1 is 1.31 bits per heavy atom. The molecule has 4 heteroatoms. The van der Waals surface area contributed by atoms with Crippen LogP contribution in [0, 0.1) is 12.8 Å². The van der Waals surface area contributed by atoms with E-state index in [1.807, 2.05) is 11.6 Å². The maximum atomic E-state index is 6.32. The van der Waals surface area contributed by atoms with E-state index in [4.69, 9.17) is 11.6 Å². The van der Waals surface area contributed by atoms with Gasteiger partial charge in [-0.3, -0.25) is 4.68 Å². The van der Waals surface area contributed by atoms with E-state index in [1.54, 1.807) is 0 Å². The lowest BCUT2D eigenvalue weighted by molar-refractivity contribution is 0.481. The number of nitrogens with one attached hydrogen (secondary N) is 1. The highest BCUT2D eigenvalue weighted by Crippen LogP contribution is 2.20. The second-order valence-electron chi connectivity index (χ2n) is 4.97. The predicted molar refractivity (Wildman–Crippen MR) is 68.8 cm³/mol. The van der Waals surface area contributed by atoms with Crippen molar-refractivity contribution in [2.75, 3.05) is 0 Å². The highest BCUT2D eigenvalue weighted by atomic mass is 35.5. The van der Waals surface area contributed by atoms with Crippen molar-refractivity contribution >= 4 is 11.6 Å². The highest BCUT2D eigenvalue weighted by Gasteiger charge is 2.13. The van der Waals surface area contributed by atoms with Gasteiger partial charge < -0.3 is 5.32 Å². The third-order valence-corrected chi connectivity index (χ3v) is 2.83. The normalized spacial score (nSPS) is 11.8. The van der Waals surface area contributed by atoms with Crippen molar-refractivity contribution in [1.82, 2.24) is 15.1 Å². The van der Waals surface area contributed by atoms with E-state index in [1.165, 1.54) is 0 Å². The summed E-state index contributed by atoms with van der Waals surface area (Å²) in [5, 5.41) is 8.62. The molecular weight excluding hydrogens is 222 g/mol. The fraction of sp³-hybridized carbons (Fsp3) is 0.750. The summed E-state index contributed by atoms with van der Waals surface area (Å²) < 4.78 is 1.90. The monoisotopic (exact) mass is 243 g/mol. The second-order valence-corrected chi connectivity index (χ2v) is 5.32. The first kappa shape index (κ1) is 13.5. The van der Waals surface area contributed by atoms with Crippen molar-refractivity contribution < 1.29 is 0 Å². The van der Waals surface area contributed by atoms with Crippen molar-refractivity contribution in [3.05, 3.63) is 16.4 Å². The summed E-state index contributed by atoms with van der Waals surface area (Å²) in [6.07, 6.45) is 0. The molecule has 0 radical (unpaired) electrons. The fourth-order valence-electron chi connectivity index (χ4n) is 1.56. The molecule has 1 rings (SSSR count). The smallest absolute Gasteiger partial charge is 0.131 e. The van der Waals surface area contributed by atoms with Crippen LogP contribution in [-0.4, -0.2) is 15.8 Å². The molecule has 0 aliphatic rings. The van der Waals surface area contributed by atoms with Crippen LogP contribution in [0.25, 0.3) is 0 Å². The molecule has 0 spiro atoms. The summed E-state index contributed by atoms with van der Waals surface area (Å²) >= 11 is 6.32. The van der Waals surface area contributed by atoms with Crippen molar-refractivity contribution in [3.8, 4) is 0 Å². The standard InChI is InChI=1S/C12H22ClN3/c1-8(2)7-16-12(13)11(10(5)15-16)6-14-9(3)4/h8-9,14H,6-7H2,1-5H3. The number of hydrogen-bond donors (Lipinski definition) is 1. The molecule has 0 fully saturated rings. The minimum atomic E-state index is 0.462. The van der Waals surface area contributed by atoms with E-state index >= 15 is 0 Å². The zero-order chi connectivity index (χ0) is 12.3. The number of nitrogens with zero attached hydrogens (tertiary/aromatic N) is 2. The van der Waals surface area contributed by atoms with Gasteiger partial charge in [-0.05, 0) is 12.8 Å². The van der Waals surface area contributed by atoms with E-state index in [2.05, 4.69) is 38.1 Å². The van der Waals surface area contributed by atoms with Crippen LogP contribution in [0.1, 0.15) is 39.0 Å². The Balaban J connectivity index is 2.80. The fourth-order valence-corrected chi connectivity index (χ4v) is 1.87. The zero-order valence-corrected chi connectivity index (χ0v) is 11.6. The number of aryl methyl sites for hydroxylation is 1. The molecule has 1 heterocycles. The minimum absolute atomic E-state index is 0.462. The third kappa shape index (κ3) is 3.49. The van der Waals surface area contributed by atoms with Crippen molar-refractivity contribution in [3.63, 3.8) is 0 Å². The lowest BCUT2D eigenvalue weighted by Crippen LogP contribution is -2.22. The van der Waals surface area contributed by atoms with Crippen LogP contribution in [-0.2, 0) is 13.1 Å². The van der Waals surface area contributed by atoms with Gasteiger partial charge in [0, 0.05) is 24.7 Å². The van der Waals surface area contributed by atoms with Crippen LogP contribution < -0.4 is 5.32 Å². The first-order chi connectivity index (χ1) is 7.41. The zero-order valence-electron chi connectivity index (χ0n) is 10.8. The summed E-state index contributed by atoms with van der Waals surface area (Å²) in [5.41, 5.74) is 2.15. The number of aromatic nitrogens is 2. The van der Waals surface area contributed by atoms with E-state index in [9.17, 15) is 0 Å². The molecule has 0 bridgehead atoms. The first-order valence-electron chi connectivity index (χ1n) is 5.87. The number of hydrogen-bond acceptors (Lipinski definition) is 2. The molecule has 16 heavy (non-hydrogen) atoms. The molecule has 1 N–H and O–H groups in total. The molecule has 0 unspecified atom stereocenters. The van der Waals surface area contributed by atoms with Gasteiger partial charge in [0.05, 0.1) is 5.69 Å². The molecule has 92 valence electrons. The van der Waals surface area contributed by atoms with Gasteiger partial charge in [0.15, 0.2) is 0 Å². The number of rotatable bonds is 5. The SMILES string of the molecule is Cc1nn(CC(C)C)c(Cl)c1CNC(C)C. The summed E-state index contributed by atoms with van der Waals surface area (Å²) in [6.45, 7) is 12.3. The number of halogens is 1. The van der Waals surface area contributed by atoms with Gasteiger partial charge in [-0.25, -0.2) is 0 Å². The Hall–Kier alpha value is -0.540. The van der Waals surface area contributed by atoms with Crippen molar-refractivity contribution in [2.24, 2.45) is 5.92 Å². The molecule has 0 saturated carbocycles. The van der Waals surface area contributed by atoms with Crippen molar-refractivity contribution in [2.45, 2.75) is 53.8 Å². The van der Waals surface area contributed by atoms with Gasteiger partial charge in [0.25, 0.3) is 0 Å². The molecule has 0 amide bonds. The summed E-state index contributed by atoms with van der Waals surface area (Å²) in [5.74, 6) is 0.558. The lowest BCUT2D eigenvalue weighted by atomic mass is 10.2. The van der Waals surface area contributed by atoms with Gasteiger partial charge in [-0.2, -0.15) is 5.10 Å². The lowest BCUT2D eigenvalue weighted by Gasteiger charge is -2.08. The van der Waals surface area contributed by atoms with Gasteiger partial charge >= 0.3 is 0 Å². The molecule has 0 aliphatic heterocycles. The quantitative estimate of drug-likeness (QED) is 0.862. The summed E-state index contributed by atoms with van der Waals surface area (Å²) in [6, 6.07) is 0.462. The summed E-state index contributed by atoms with van der Waals surface area (Å²) in [4.78, 5) is 0. The van der Waals surface area contributed by atoms with Gasteiger partial charge in [-0.1, -0.05) is 39.3 Å². The molecule has 3 nitrogen and oxygen atoms in total. The van der Waals surface area contributed by atoms with E-state index < -0.39 is 0 Å². The molecule has 1 aromatic heterocycles. The second kappa shape index (κ2) is 5.69. The molecule has 1 aromatic rings. The van der Waals surface area contributed by atoms with Crippen LogP contribution in [0.3, 0.4) is 0 Å². The highest BCUT2D eigenvalue weighted by molar-refractivity contribution is 6.30. The molecular formula is C12H22ClN3. The van der Waals surface area contributed by atoms with Crippen molar-refractivity contribution in [1.29, 1.82) is 0 Å². The Labute approximate surface area is 103 Å².